The third-order valence-corrected chi connectivity index (χ3v) is 3.15. The lowest BCUT2D eigenvalue weighted by Gasteiger charge is -2.30. The molecule has 1 rings (SSSR count). The highest BCUT2D eigenvalue weighted by Gasteiger charge is 2.21. The average molecular weight is 278 g/mol. The van der Waals surface area contributed by atoms with Crippen LogP contribution in [0.15, 0.2) is 30.3 Å². The number of rotatable bonds is 6. The third kappa shape index (κ3) is 5.13. The number of carbonyl (C=O) groups is 1. The van der Waals surface area contributed by atoms with Gasteiger partial charge >= 0.3 is 0 Å². The minimum absolute atomic E-state index is 0.0571. The molecule has 0 saturated carbocycles. The quantitative estimate of drug-likeness (QED) is 0.813. The Hall–Kier alpha value is -1.68. The second-order valence-corrected chi connectivity index (χ2v) is 5.61. The number of hydrogen-bond donors (Lipinski definition) is 1. The number of likely N-dealkylation sites (N-methyl/N-ethyl adjacent to an activating group) is 1. The molecule has 4 heteroatoms. The van der Waals surface area contributed by atoms with Crippen molar-refractivity contribution in [2.75, 3.05) is 19.6 Å². The molecule has 0 heterocycles. The Kier molecular flexibility index (Phi) is 5.89. The fraction of sp³-hybridized carbons (Fsp3) is 0.438. The van der Waals surface area contributed by atoms with Crippen molar-refractivity contribution < 1.29 is 9.18 Å². The van der Waals surface area contributed by atoms with Crippen LogP contribution in [0.1, 0.15) is 26.3 Å². The lowest BCUT2D eigenvalue weighted by Crippen LogP contribution is -2.41. The number of amides is 1. The molecule has 3 nitrogen and oxygen atoms in total. The molecule has 0 radical (unpaired) electrons. The largest absolute Gasteiger partial charge is 0.339 e. The molecule has 0 unspecified atom stereocenters. The smallest absolute Gasteiger partial charge is 0.246 e. The summed E-state index contributed by atoms with van der Waals surface area (Å²) in [6, 6.07) is 6.02. The summed E-state index contributed by atoms with van der Waals surface area (Å²) in [6.45, 7) is 7.79. The maximum Gasteiger partial charge on any atom is 0.246 e. The molecule has 1 aromatic carbocycles. The van der Waals surface area contributed by atoms with E-state index in [-0.39, 0.29) is 17.1 Å². The van der Waals surface area contributed by atoms with Gasteiger partial charge in [0.05, 0.1) is 0 Å². The summed E-state index contributed by atoms with van der Waals surface area (Å²) in [4.78, 5) is 13.9. The van der Waals surface area contributed by atoms with Crippen molar-refractivity contribution in [2.24, 2.45) is 11.1 Å². The van der Waals surface area contributed by atoms with E-state index in [4.69, 9.17) is 5.73 Å². The van der Waals surface area contributed by atoms with Gasteiger partial charge in [-0.3, -0.25) is 4.79 Å². The van der Waals surface area contributed by atoms with Crippen LogP contribution in [0.3, 0.4) is 0 Å². The monoisotopic (exact) mass is 278 g/mol. The van der Waals surface area contributed by atoms with Crippen LogP contribution in [0.5, 0.6) is 0 Å². The molecule has 2 N–H and O–H groups in total. The molecule has 0 saturated heterocycles. The zero-order valence-electron chi connectivity index (χ0n) is 12.4. The van der Waals surface area contributed by atoms with Gasteiger partial charge in [0, 0.05) is 19.2 Å². The van der Waals surface area contributed by atoms with Crippen LogP contribution in [-0.4, -0.2) is 30.4 Å². The summed E-state index contributed by atoms with van der Waals surface area (Å²) in [6.07, 6.45) is 3.21. The van der Waals surface area contributed by atoms with Crippen LogP contribution in [0.25, 0.3) is 6.08 Å². The number of hydrogen-bond acceptors (Lipinski definition) is 2. The molecule has 110 valence electrons. The molecular weight excluding hydrogens is 255 g/mol. The van der Waals surface area contributed by atoms with Crippen molar-refractivity contribution >= 4 is 12.0 Å². The van der Waals surface area contributed by atoms with Gasteiger partial charge in [-0.05, 0) is 42.7 Å². The number of halogens is 1. The highest BCUT2D eigenvalue weighted by Crippen LogP contribution is 2.15. The van der Waals surface area contributed by atoms with Gasteiger partial charge in [-0.15, -0.1) is 0 Å². The zero-order chi connectivity index (χ0) is 15.2. The Morgan fingerprint density at radius 1 is 1.35 bits per heavy atom. The maximum absolute atomic E-state index is 12.8. The SMILES string of the molecule is CCN(CC(C)(C)CN)C(=O)C=Cc1ccc(F)cc1. The van der Waals surface area contributed by atoms with Gasteiger partial charge in [-0.2, -0.15) is 0 Å². The fourth-order valence-electron chi connectivity index (χ4n) is 1.77. The van der Waals surface area contributed by atoms with Gasteiger partial charge in [0.15, 0.2) is 0 Å². The first-order valence-electron chi connectivity index (χ1n) is 6.80. The molecule has 1 aromatic rings. The first-order valence-corrected chi connectivity index (χ1v) is 6.80. The van der Waals surface area contributed by atoms with Gasteiger partial charge in [-0.25, -0.2) is 4.39 Å². The normalized spacial score (nSPS) is 11.8. The lowest BCUT2D eigenvalue weighted by molar-refractivity contribution is -0.127. The van der Waals surface area contributed by atoms with Crippen molar-refractivity contribution in [1.82, 2.24) is 4.90 Å². The van der Waals surface area contributed by atoms with Crippen LogP contribution in [0.4, 0.5) is 4.39 Å². The molecule has 0 aliphatic rings. The Labute approximate surface area is 120 Å². The summed E-state index contributed by atoms with van der Waals surface area (Å²) in [5, 5.41) is 0. The van der Waals surface area contributed by atoms with Crippen molar-refractivity contribution in [3.05, 3.63) is 41.7 Å². The Balaban J connectivity index is 2.70. The van der Waals surface area contributed by atoms with E-state index in [1.54, 1.807) is 23.1 Å². The van der Waals surface area contributed by atoms with Gasteiger partial charge in [0.1, 0.15) is 5.82 Å². The van der Waals surface area contributed by atoms with E-state index in [0.717, 1.165) is 5.56 Å². The van der Waals surface area contributed by atoms with E-state index in [1.165, 1.54) is 18.2 Å². The minimum Gasteiger partial charge on any atom is -0.339 e. The molecule has 1 amide bonds. The number of nitrogens with zero attached hydrogens (tertiary/aromatic N) is 1. The molecule has 0 aliphatic heterocycles. The van der Waals surface area contributed by atoms with E-state index in [0.29, 0.717) is 19.6 Å². The van der Waals surface area contributed by atoms with E-state index in [1.807, 2.05) is 20.8 Å². The number of benzene rings is 1. The minimum atomic E-state index is -0.284. The Morgan fingerprint density at radius 3 is 2.45 bits per heavy atom. The van der Waals surface area contributed by atoms with Crippen molar-refractivity contribution in [3.63, 3.8) is 0 Å². The summed E-state index contributed by atoms with van der Waals surface area (Å²) in [5.74, 6) is -0.341. The lowest BCUT2D eigenvalue weighted by atomic mass is 9.93. The summed E-state index contributed by atoms with van der Waals surface area (Å²) >= 11 is 0. The maximum atomic E-state index is 12.8. The number of carbonyl (C=O) groups excluding carboxylic acids is 1. The van der Waals surface area contributed by atoms with E-state index >= 15 is 0 Å². The average Bonchev–Trinajstić information content (AvgIpc) is 2.44. The van der Waals surface area contributed by atoms with Crippen LogP contribution in [-0.2, 0) is 4.79 Å². The summed E-state index contributed by atoms with van der Waals surface area (Å²) in [5.41, 5.74) is 6.40. The van der Waals surface area contributed by atoms with Gasteiger partial charge in [0.25, 0.3) is 0 Å². The van der Waals surface area contributed by atoms with E-state index < -0.39 is 0 Å². The second kappa shape index (κ2) is 7.20. The van der Waals surface area contributed by atoms with Gasteiger partial charge in [-0.1, -0.05) is 26.0 Å². The van der Waals surface area contributed by atoms with Crippen molar-refractivity contribution in [3.8, 4) is 0 Å². The van der Waals surface area contributed by atoms with E-state index in [2.05, 4.69) is 0 Å². The topological polar surface area (TPSA) is 46.3 Å². The second-order valence-electron chi connectivity index (χ2n) is 5.61. The molecule has 0 spiro atoms. The number of nitrogens with two attached hydrogens (primary N) is 1. The predicted molar refractivity (Wildman–Crippen MR) is 80.5 cm³/mol. The van der Waals surface area contributed by atoms with Crippen LogP contribution < -0.4 is 5.73 Å². The zero-order valence-corrected chi connectivity index (χ0v) is 12.4. The highest BCUT2D eigenvalue weighted by atomic mass is 19.1. The molecule has 0 bridgehead atoms. The predicted octanol–water partition coefficient (Wildman–Crippen LogP) is 2.67. The standard InChI is InChI=1S/C16H23FN2O/c1-4-19(12-16(2,3)11-18)15(20)10-7-13-5-8-14(17)9-6-13/h5-10H,4,11-12,18H2,1-3H3. The van der Waals surface area contributed by atoms with Crippen molar-refractivity contribution in [2.45, 2.75) is 20.8 Å². The summed E-state index contributed by atoms with van der Waals surface area (Å²) < 4.78 is 12.8. The van der Waals surface area contributed by atoms with Crippen LogP contribution in [0.2, 0.25) is 0 Å². The van der Waals surface area contributed by atoms with Crippen molar-refractivity contribution in [1.29, 1.82) is 0 Å². The molecule has 0 fully saturated rings. The molecule has 20 heavy (non-hydrogen) atoms. The molecule has 0 atom stereocenters. The van der Waals surface area contributed by atoms with Gasteiger partial charge in [0.2, 0.25) is 5.91 Å². The Bertz CT molecular complexity index is 466. The molecule has 0 aliphatic carbocycles. The molecule has 0 aromatic heterocycles. The Morgan fingerprint density at radius 2 is 1.95 bits per heavy atom. The summed E-state index contributed by atoms with van der Waals surface area (Å²) in [7, 11) is 0. The van der Waals surface area contributed by atoms with E-state index in [9.17, 15) is 9.18 Å². The first-order chi connectivity index (χ1) is 9.38. The van der Waals surface area contributed by atoms with Crippen LogP contribution >= 0.6 is 0 Å². The van der Waals surface area contributed by atoms with Crippen LogP contribution in [0, 0.1) is 11.2 Å². The van der Waals surface area contributed by atoms with Gasteiger partial charge < -0.3 is 10.6 Å². The first kappa shape index (κ1) is 16.4. The highest BCUT2D eigenvalue weighted by molar-refractivity contribution is 5.91. The third-order valence-electron chi connectivity index (χ3n) is 3.15. The fourth-order valence-corrected chi connectivity index (χ4v) is 1.77. The molecular formula is C16H23FN2O.